The van der Waals surface area contributed by atoms with Gasteiger partial charge in [-0.05, 0) is 37.0 Å². The Morgan fingerprint density at radius 2 is 1.95 bits per heavy atom. The lowest BCUT2D eigenvalue weighted by atomic mass is 9.73. The lowest BCUT2D eigenvalue weighted by Gasteiger charge is -2.34. The first kappa shape index (κ1) is 12.6. The van der Waals surface area contributed by atoms with E-state index in [0.29, 0.717) is 5.92 Å². The van der Waals surface area contributed by atoms with Crippen LogP contribution in [0.4, 0.5) is 0 Å². The zero-order valence-corrected chi connectivity index (χ0v) is 11.7. The molecule has 0 saturated heterocycles. The molecule has 2 aromatic heterocycles. The van der Waals surface area contributed by atoms with Crippen molar-refractivity contribution in [2.45, 2.75) is 39.2 Å². The van der Waals surface area contributed by atoms with Crippen molar-refractivity contribution in [3.63, 3.8) is 0 Å². The van der Waals surface area contributed by atoms with Gasteiger partial charge in [0.25, 0.3) is 0 Å². The predicted octanol–water partition coefficient (Wildman–Crippen LogP) is 2.80. The van der Waals surface area contributed by atoms with Crippen LogP contribution in [-0.2, 0) is 0 Å². The zero-order valence-electron chi connectivity index (χ0n) is 11.7. The molecule has 2 aromatic rings. The molecule has 0 aromatic carbocycles. The Morgan fingerprint density at radius 3 is 2.68 bits per heavy atom. The van der Waals surface area contributed by atoms with E-state index < -0.39 is 0 Å². The van der Waals surface area contributed by atoms with Crippen LogP contribution in [0.1, 0.15) is 44.7 Å². The minimum absolute atomic E-state index is 0.0758. The summed E-state index contributed by atoms with van der Waals surface area (Å²) in [6.07, 6.45) is 11.2. The van der Waals surface area contributed by atoms with E-state index in [-0.39, 0.29) is 6.04 Å². The summed E-state index contributed by atoms with van der Waals surface area (Å²) in [6.45, 7) is 4.68. The van der Waals surface area contributed by atoms with Crippen molar-refractivity contribution < 1.29 is 0 Å². The molecule has 0 spiro atoms. The van der Waals surface area contributed by atoms with Crippen LogP contribution in [0.2, 0.25) is 0 Å². The molecule has 3 rings (SSSR count). The molecule has 102 valence electrons. The molecule has 3 unspecified atom stereocenters. The van der Waals surface area contributed by atoms with Gasteiger partial charge in [-0.25, -0.2) is 4.52 Å². The van der Waals surface area contributed by atoms with E-state index in [0.717, 1.165) is 22.9 Å². The van der Waals surface area contributed by atoms with E-state index in [9.17, 15) is 0 Å². The molecular weight excluding hydrogens is 236 g/mol. The van der Waals surface area contributed by atoms with Gasteiger partial charge in [0.05, 0.1) is 17.9 Å². The molecule has 4 heteroatoms. The van der Waals surface area contributed by atoms with Gasteiger partial charge in [0.2, 0.25) is 0 Å². The van der Waals surface area contributed by atoms with Gasteiger partial charge in [0.1, 0.15) is 0 Å². The highest BCUT2D eigenvalue weighted by Gasteiger charge is 2.30. The Balaban J connectivity index is 1.89. The van der Waals surface area contributed by atoms with Crippen LogP contribution in [0, 0.1) is 17.8 Å². The number of fused-ring (bicyclic) bond motifs is 1. The van der Waals surface area contributed by atoms with Crippen molar-refractivity contribution in [1.29, 1.82) is 0 Å². The van der Waals surface area contributed by atoms with E-state index in [1.54, 1.807) is 6.20 Å². The predicted molar refractivity (Wildman–Crippen MR) is 75.6 cm³/mol. The van der Waals surface area contributed by atoms with Crippen LogP contribution >= 0.6 is 0 Å². The summed E-state index contributed by atoms with van der Waals surface area (Å²) >= 11 is 0. The maximum Gasteiger partial charge on any atom is 0.0892 e. The number of hydrogen-bond acceptors (Lipinski definition) is 3. The maximum atomic E-state index is 6.52. The third-order valence-electron chi connectivity index (χ3n) is 4.44. The number of nitrogens with zero attached hydrogens (tertiary/aromatic N) is 3. The largest absolute Gasteiger partial charge is 0.324 e. The lowest BCUT2D eigenvalue weighted by molar-refractivity contribution is 0.194. The van der Waals surface area contributed by atoms with Gasteiger partial charge < -0.3 is 5.73 Å². The average Bonchev–Trinajstić information content (AvgIpc) is 2.80. The first-order valence-corrected chi connectivity index (χ1v) is 7.18. The minimum atomic E-state index is 0.0758. The first-order valence-electron chi connectivity index (χ1n) is 7.18. The smallest absolute Gasteiger partial charge is 0.0892 e. The second kappa shape index (κ2) is 4.93. The standard InChI is InChI=1S/C15H22N4/c1-10-5-11(2)7-12(6-10)15(16)13-8-18-19-4-3-17-9-14(13)19/h3-4,8-12,15H,5-7,16H2,1-2H3. The van der Waals surface area contributed by atoms with E-state index in [2.05, 4.69) is 23.9 Å². The highest BCUT2D eigenvalue weighted by atomic mass is 15.2. The number of rotatable bonds is 2. The van der Waals surface area contributed by atoms with Gasteiger partial charge in [-0.3, -0.25) is 4.98 Å². The summed E-state index contributed by atoms with van der Waals surface area (Å²) in [7, 11) is 0. The number of hydrogen-bond donors (Lipinski definition) is 1. The van der Waals surface area contributed by atoms with Gasteiger partial charge >= 0.3 is 0 Å². The molecule has 1 aliphatic carbocycles. The normalized spacial score (nSPS) is 29.5. The Morgan fingerprint density at radius 1 is 1.21 bits per heavy atom. The van der Waals surface area contributed by atoms with Gasteiger partial charge in [-0.15, -0.1) is 0 Å². The molecule has 2 N–H and O–H groups in total. The summed E-state index contributed by atoms with van der Waals surface area (Å²) in [5.41, 5.74) is 8.70. The zero-order chi connectivity index (χ0) is 13.4. The summed E-state index contributed by atoms with van der Waals surface area (Å²) in [5.74, 6) is 2.12. The van der Waals surface area contributed by atoms with Crippen LogP contribution in [0.25, 0.3) is 5.52 Å². The topological polar surface area (TPSA) is 56.2 Å². The molecule has 0 radical (unpaired) electrons. The van der Waals surface area contributed by atoms with Crippen LogP contribution in [-0.4, -0.2) is 14.6 Å². The van der Waals surface area contributed by atoms with E-state index in [1.165, 1.54) is 19.3 Å². The molecule has 0 aliphatic heterocycles. The molecule has 2 heterocycles. The highest BCUT2D eigenvalue weighted by Crippen LogP contribution is 2.39. The van der Waals surface area contributed by atoms with E-state index in [4.69, 9.17) is 5.73 Å². The van der Waals surface area contributed by atoms with Crippen LogP contribution < -0.4 is 5.73 Å². The molecule has 19 heavy (non-hydrogen) atoms. The fourth-order valence-corrected chi connectivity index (χ4v) is 3.67. The minimum Gasteiger partial charge on any atom is -0.324 e. The summed E-state index contributed by atoms with van der Waals surface area (Å²) < 4.78 is 1.86. The summed E-state index contributed by atoms with van der Waals surface area (Å²) in [5, 5.41) is 4.37. The fourth-order valence-electron chi connectivity index (χ4n) is 3.67. The molecule has 4 nitrogen and oxygen atoms in total. The van der Waals surface area contributed by atoms with Gasteiger partial charge in [-0.1, -0.05) is 13.8 Å². The molecule has 1 saturated carbocycles. The van der Waals surface area contributed by atoms with Crippen LogP contribution in [0.3, 0.4) is 0 Å². The summed E-state index contributed by atoms with van der Waals surface area (Å²) in [4.78, 5) is 4.19. The van der Waals surface area contributed by atoms with Gasteiger partial charge in [0.15, 0.2) is 0 Å². The molecule has 3 atom stereocenters. The molecule has 0 amide bonds. The van der Waals surface area contributed by atoms with Crippen molar-refractivity contribution in [2.75, 3.05) is 0 Å². The molecule has 1 fully saturated rings. The highest BCUT2D eigenvalue weighted by molar-refractivity contribution is 5.53. The van der Waals surface area contributed by atoms with Crippen LogP contribution in [0.15, 0.2) is 24.8 Å². The maximum absolute atomic E-state index is 6.52. The van der Waals surface area contributed by atoms with E-state index in [1.807, 2.05) is 23.1 Å². The second-order valence-corrected chi connectivity index (χ2v) is 6.21. The average molecular weight is 258 g/mol. The second-order valence-electron chi connectivity index (χ2n) is 6.21. The van der Waals surface area contributed by atoms with Gasteiger partial charge in [0, 0.05) is 24.0 Å². The monoisotopic (exact) mass is 258 g/mol. The Hall–Kier alpha value is -1.42. The fraction of sp³-hybridized carbons (Fsp3) is 0.600. The summed E-state index contributed by atoms with van der Waals surface area (Å²) in [6, 6.07) is 0.0758. The van der Waals surface area contributed by atoms with Crippen molar-refractivity contribution in [2.24, 2.45) is 23.5 Å². The number of nitrogens with two attached hydrogens (primary N) is 1. The van der Waals surface area contributed by atoms with Crippen molar-refractivity contribution >= 4 is 5.52 Å². The van der Waals surface area contributed by atoms with E-state index >= 15 is 0 Å². The number of aromatic nitrogens is 3. The Labute approximate surface area is 114 Å². The lowest BCUT2D eigenvalue weighted by Crippen LogP contribution is -2.29. The third-order valence-corrected chi connectivity index (χ3v) is 4.44. The van der Waals surface area contributed by atoms with Crippen molar-refractivity contribution in [3.05, 3.63) is 30.4 Å². The van der Waals surface area contributed by atoms with Crippen molar-refractivity contribution in [1.82, 2.24) is 14.6 Å². The molecule has 0 bridgehead atoms. The SMILES string of the molecule is CC1CC(C)CC(C(N)c2cnn3ccncc23)C1. The van der Waals surface area contributed by atoms with Gasteiger partial charge in [-0.2, -0.15) is 5.10 Å². The van der Waals surface area contributed by atoms with Crippen LogP contribution in [0.5, 0.6) is 0 Å². The molecular formula is C15H22N4. The van der Waals surface area contributed by atoms with Crippen molar-refractivity contribution in [3.8, 4) is 0 Å². The first-order chi connectivity index (χ1) is 9.15. The third kappa shape index (κ3) is 2.37. The molecule has 1 aliphatic rings. The quantitative estimate of drug-likeness (QED) is 0.901. The Bertz CT molecular complexity index is 552. The Kier molecular flexibility index (Phi) is 3.27.